The average Bonchev–Trinajstić information content (AvgIpc) is 2.91. The van der Waals surface area contributed by atoms with Gasteiger partial charge in [0.2, 0.25) is 5.91 Å². The second-order valence-electron chi connectivity index (χ2n) is 4.75. The van der Waals surface area contributed by atoms with Gasteiger partial charge in [-0.3, -0.25) is 4.79 Å². The fourth-order valence-corrected chi connectivity index (χ4v) is 2.86. The minimum absolute atomic E-state index is 0.150. The van der Waals surface area contributed by atoms with Crippen LogP contribution in [-0.4, -0.2) is 16.6 Å². The summed E-state index contributed by atoms with van der Waals surface area (Å²) in [6, 6.07) is 10.9. The first-order valence-electron chi connectivity index (χ1n) is 6.84. The standard InChI is InChI=1S/C16H12ClFN2O2S/c17-10-1-6-13-14(9-10)22-16(20-13)23-8-7-15(21)19-12-4-2-11(18)3-5-12/h1-6,9H,7-8H2,(H,19,21). The molecule has 1 N–H and O–H groups in total. The van der Waals surface area contributed by atoms with Crippen molar-refractivity contribution >= 4 is 46.1 Å². The van der Waals surface area contributed by atoms with Crippen molar-refractivity contribution in [3.05, 3.63) is 53.3 Å². The highest BCUT2D eigenvalue weighted by atomic mass is 35.5. The molecule has 7 heteroatoms. The SMILES string of the molecule is O=C(CCSc1nc2ccc(Cl)cc2o1)Nc1ccc(F)cc1. The molecule has 1 aromatic heterocycles. The Bertz CT molecular complexity index is 836. The molecule has 0 radical (unpaired) electrons. The Labute approximate surface area is 141 Å². The van der Waals surface area contributed by atoms with Gasteiger partial charge in [0, 0.05) is 29.0 Å². The third-order valence-electron chi connectivity index (χ3n) is 3.01. The number of rotatable bonds is 5. The predicted molar refractivity (Wildman–Crippen MR) is 89.4 cm³/mol. The Balaban J connectivity index is 1.51. The number of benzene rings is 2. The number of aromatic nitrogens is 1. The van der Waals surface area contributed by atoms with Gasteiger partial charge >= 0.3 is 0 Å². The van der Waals surface area contributed by atoms with Crippen molar-refractivity contribution in [3.8, 4) is 0 Å². The molecule has 0 aliphatic heterocycles. The van der Waals surface area contributed by atoms with Crippen LogP contribution >= 0.6 is 23.4 Å². The smallest absolute Gasteiger partial charge is 0.256 e. The minimum Gasteiger partial charge on any atom is -0.431 e. The molecule has 0 aliphatic rings. The summed E-state index contributed by atoms with van der Waals surface area (Å²) < 4.78 is 18.3. The van der Waals surface area contributed by atoms with E-state index in [0.717, 1.165) is 5.52 Å². The fraction of sp³-hybridized carbons (Fsp3) is 0.125. The zero-order chi connectivity index (χ0) is 16.2. The molecule has 1 heterocycles. The number of carbonyl (C=O) groups is 1. The van der Waals surface area contributed by atoms with Gasteiger partial charge in [0.25, 0.3) is 5.22 Å². The normalized spacial score (nSPS) is 10.9. The molecule has 0 aliphatic carbocycles. The molecular weight excluding hydrogens is 339 g/mol. The van der Waals surface area contributed by atoms with Gasteiger partial charge in [-0.15, -0.1) is 0 Å². The molecule has 3 aromatic rings. The molecule has 0 spiro atoms. The largest absolute Gasteiger partial charge is 0.431 e. The molecule has 23 heavy (non-hydrogen) atoms. The Morgan fingerprint density at radius 1 is 1.26 bits per heavy atom. The number of carbonyl (C=O) groups excluding carboxylic acids is 1. The molecule has 0 unspecified atom stereocenters. The van der Waals surface area contributed by atoms with Crippen LogP contribution in [0.1, 0.15) is 6.42 Å². The van der Waals surface area contributed by atoms with Gasteiger partial charge in [0.15, 0.2) is 5.58 Å². The first-order chi connectivity index (χ1) is 11.1. The van der Waals surface area contributed by atoms with E-state index in [9.17, 15) is 9.18 Å². The number of oxazole rings is 1. The summed E-state index contributed by atoms with van der Waals surface area (Å²) in [5.74, 6) is 0.0333. The summed E-state index contributed by atoms with van der Waals surface area (Å²) >= 11 is 7.24. The van der Waals surface area contributed by atoms with Crippen molar-refractivity contribution in [1.29, 1.82) is 0 Å². The Hall–Kier alpha value is -2.05. The molecule has 0 saturated heterocycles. The predicted octanol–water partition coefficient (Wildman–Crippen LogP) is 4.74. The van der Waals surface area contributed by atoms with Crippen molar-refractivity contribution in [2.75, 3.05) is 11.1 Å². The number of thioether (sulfide) groups is 1. The highest BCUT2D eigenvalue weighted by Gasteiger charge is 2.08. The fourth-order valence-electron chi connectivity index (χ4n) is 1.93. The van der Waals surface area contributed by atoms with Crippen LogP contribution in [0, 0.1) is 5.82 Å². The van der Waals surface area contributed by atoms with E-state index in [0.29, 0.717) is 33.7 Å². The van der Waals surface area contributed by atoms with Crippen molar-refractivity contribution < 1.29 is 13.6 Å². The monoisotopic (exact) mass is 350 g/mol. The lowest BCUT2D eigenvalue weighted by Crippen LogP contribution is -2.12. The lowest BCUT2D eigenvalue weighted by Gasteiger charge is -2.04. The van der Waals surface area contributed by atoms with Crippen LogP contribution in [0.4, 0.5) is 10.1 Å². The van der Waals surface area contributed by atoms with Gasteiger partial charge in [0.05, 0.1) is 0 Å². The molecule has 0 saturated carbocycles. The molecule has 0 atom stereocenters. The maximum Gasteiger partial charge on any atom is 0.256 e. The first-order valence-corrected chi connectivity index (χ1v) is 8.21. The second kappa shape index (κ2) is 7.02. The summed E-state index contributed by atoms with van der Waals surface area (Å²) in [4.78, 5) is 16.1. The van der Waals surface area contributed by atoms with Gasteiger partial charge in [-0.1, -0.05) is 23.4 Å². The molecule has 1 amide bonds. The van der Waals surface area contributed by atoms with E-state index in [1.165, 1.54) is 36.0 Å². The summed E-state index contributed by atoms with van der Waals surface area (Å²) in [5.41, 5.74) is 1.92. The molecule has 2 aromatic carbocycles. The van der Waals surface area contributed by atoms with E-state index in [1.807, 2.05) is 0 Å². The third-order valence-corrected chi connectivity index (χ3v) is 4.08. The molecule has 4 nitrogen and oxygen atoms in total. The summed E-state index contributed by atoms with van der Waals surface area (Å²) in [7, 11) is 0. The highest BCUT2D eigenvalue weighted by molar-refractivity contribution is 7.99. The number of halogens is 2. The minimum atomic E-state index is -0.338. The van der Waals surface area contributed by atoms with Crippen molar-refractivity contribution in [2.45, 2.75) is 11.6 Å². The molecular formula is C16H12ClFN2O2S. The van der Waals surface area contributed by atoms with Crippen LogP contribution < -0.4 is 5.32 Å². The Morgan fingerprint density at radius 2 is 2.04 bits per heavy atom. The van der Waals surface area contributed by atoms with E-state index in [1.54, 1.807) is 18.2 Å². The summed E-state index contributed by atoms with van der Waals surface area (Å²) in [6.07, 6.45) is 0.293. The molecule has 0 bridgehead atoms. The van der Waals surface area contributed by atoms with Gasteiger partial charge in [-0.25, -0.2) is 9.37 Å². The Kier molecular flexibility index (Phi) is 4.83. The molecule has 0 fully saturated rings. The maximum atomic E-state index is 12.8. The number of anilines is 1. The van der Waals surface area contributed by atoms with Crippen molar-refractivity contribution in [3.63, 3.8) is 0 Å². The number of hydrogen-bond donors (Lipinski definition) is 1. The zero-order valence-corrected chi connectivity index (χ0v) is 13.5. The van der Waals surface area contributed by atoms with Gasteiger partial charge < -0.3 is 9.73 Å². The number of nitrogens with one attached hydrogen (secondary N) is 1. The number of fused-ring (bicyclic) bond motifs is 1. The van der Waals surface area contributed by atoms with E-state index < -0.39 is 0 Å². The van der Waals surface area contributed by atoms with Gasteiger partial charge in [0.1, 0.15) is 11.3 Å². The van der Waals surface area contributed by atoms with E-state index in [4.69, 9.17) is 16.0 Å². The van der Waals surface area contributed by atoms with Gasteiger partial charge in [-0.05, 0) is 36.4 Å². The average molecular weight is 351 g/mol. The number of hydrogen-bond acceptors (Lipinski definition) is 4. The zero-order valence-electron chi connectivity index (χ0n) is 11.9. The van der Waals surface area contributed by atoms with Crippen LogP contribution in [0.25, 0.3) is 11.1 Å². The topological polar surface area (TPSA) is 55.1 Å². The second-order valence-corrected chi connectivity index (χ2v) is 6.23. The lowest BCUT2D eigenvalue weighted by atomic mass is 10.3. The van der Waals surface area contributed by atoms with E-state index >= 15 is 0 Å². The van der Waals surface area contributed by atoms with Crippen LogP contribution in [-0.2, 0) is 4.79 Å². The van der Waals surface area contributed by atoms with Crippen LogP contribution in [0.2, 0.25) is 5.02 Å². The Morgan fingerprint density at radius 3 is 2.83 bits per heavy atom. The molecule has 3 rings (SSSR count). The van der Waals surface area contributed by atoms with E-state index in [2.05, 4.69) is 10.3 Å². The van der Waals surface area contributed by atoms with Crippen LogP contribution in [0.15, 0.2) is 52.1 Å². The van der Waals surface area contributed by atoms with Crippen LogP contribution in [0.5, 0.6) is 0 Å². The number of nitrogens with zero attached hydrogens (tertiary/aromatic N) is 1. The van der Waals surface area contributed by atoms with Gasteiger partial charge in [-0.2, -0.15) is 0 Å². The highest BCUT2D eigenvalue weighted by Crippen LogP contribution is 2.26. The number of amides is 1. The summed E-state index contributed by atoms with van der Waals surface area (Å²) in [5, 5.41) is 3.79. The first kappa shape index (κ1) is 15.8. The summed E-state index contributed by atoms with van der Waals surface area (Å²) in [6.45, 7) is 0. The lowest BCUT2D eigenvalue weighted by molar-refractivity contribution is -0.115. The van der Waals surface area contributed by atoms with E-state index in [-0.39, 0.29) is 11.7 Å². The van der Waals surface area contributed by atoms with Crippen molar-refractivity contribution in [1.82, 2.24) is 4.98 Å². The van der Waals surface area contributed by atoms with Crippen molar-refractivity contribution in [2.24, 2.45) is 0 Å². The quantitative estimate of drug-likeness (QED) is 0.675. The third kappa shape index (κ3) is 4.24. The van der Waals surface area contributed by atoms with Crippen LogP contribution in [0.3, 0.4) is 0 Å². The molecule has 118 valence electrons. The maximum absolute atomic E-state index is 12.8.